The number of hydrogen-bond acceptors (Lipinski definition) is 4. The van der Waals surface area contributed by atoms with Crippen LogP contribution in [0.4, 0.5) is 0 Å². The number of furan rings is 1. The smallest absolute Gasteiger partial charge is 0.257 e. The van der Waals surface area contributed by atoms with Crippen LogP contribution in [0.3, 0.4) is 0 Å². The molecule has 3 rings (SSSR count). The van der Waals surface area contributed by atoms with Crippen LogP contribution in [-0.4, -0.2) is 48.3 Å². The Balaban J connectivity index is 1.60. The van der Waals surface area contributed by atoms with Gasteiger partial charge in [0.05, 0.1) is 11.7 Å². The van der Waals surface area contributed by atoms with Crippen LogP contribution in [-0.2, 0) is 4.74 Å². The maximum atomic E-state index is 12.6. The van der Waals surface area contributed by atoms with Gasteiger partial charge in [0.15, 0.2) is 0 Å². The molecule has 1 aromatic carbocycles. The Bertz CT molecular complexity index is 628. The molecular formula is C17H21NO4. The second-order valence-corrected chi connectivity index (χ2v) is 5.59. The third kappa shape index (κ3) is 3.15. The highest BCUT2D eigenvalue weighted by Gasteiger charge is 2.25. The SMILES string of the molecule is O=C(c1coc2ccccc12)N1CCC(OCCCO)CC1. The summed E-state index contributed by atoms with van der Waals surface area (Å²) in [6.07, 6.45) is 4.09. The molecule has 0 saturated carbocycles. The zero-order chi connectivity index (χ0) is 15.4. The summed E-state index contributed by atoms with van der Waals surface area (Å²) in [5, 5.41) is 9.63. The Morgan fingerprint density at radius 1 is 1.32 bits per heavy atom. The first-order chi connectivity index (χ1) is 10.8. The van der Waals surface area contributed by atoms with Crippen LogP contribution < -0.4 is 0 Å². The van der Waals surface area contributed by atoms with E-state index in [1.54, 1.807) is 6.26 Å². The second-order valence-electron chi connectivity index (χ2n) is 5.59. The number of para-hydroxylation sites is 1. The predicted octanol–water partition coefficient (Wildman–Crippen LogP) is 2.44. The molecule has 118 valence electrons. The van der Waals surface area contributed by atoms with E-state index in [-0.39, 0.29) is 18.6 Å². The number of piperidine rings is 1. The number of hydrogen-bond donors (Lipinski definition) is 1. The molecule has 0 unspecified atom stereocenters. The van der Waals surface area contributed by atoms with Gasteiger partial charge in [-0.25, -0.2) is 0 Å². The summed E-state index contributed by atoms with van der Waals surface area (Å²) in [4.78, 5) is 14.5. The zero-order valence-corrected chi connectivity index (χ0v) is 12.5. The number of nitrogens with zero attached hydrogens (tertiary/aromatic N) is 1. The van der Waals surface area contributed by atoms with Gasteiger partial charge in [0.1, 0.15) is 11.8 Å². The summed E-state index contributed by atoms with van der Waals surface area (Å²) in [5.74, 6) is 0.0266. The van der Waals surface area contributed by atoms with Crippen molar-refractivity contribution in [2.24, 2.45) is 0 Å². The average Bonchev–Trinajstić information content (AvgIpc) is 2.99. The molecule has 1 fully saturated rings. The summed E-state index contributed by atoms with van der Waals surface area (Å²) < 4.78 is 11.1. The molecule has 0 aliphatic carbocycles. The summed E-state index contributed by atoms with van der Waals surface area (Å²) in [7, 11) is 0. The number of carbonyl (C=O) groups is 1. The number of carbonyl (C=O) groups excluding carboxylic acids is 1. The number of aliphatic hydroxyl groups excluding tert-OH is 1. The van der Waals surface area contributed by atoms with Crippen molar-refractivity contribution >= 4 is 16.9 Å². The summed E-state index contributed by atoms with van der Waals surface area (Å²) in [5.41, 5.74) is 1.38. The quantitative estimate of drug-likeness (QED) is 0.862. The Hall–Kier alpha value is -1.85. The lowest BCUT2D eigenvalue weighted by Gasteiger charge is -2.31. The van der Waals surface area contributed by atoms with E-state index in [1.807, 2.05) is 29.2 Å². The molecule has 1 saturated heterocycles. The molecule has 0 spiro atoms. The van der Waals surface area contributed by atoms with Crippen LogP contribution >= 0.6 is 0 Å². The van der Waals surface area contributed by atoms with E-state index in [4.69, 9.17) is 14.3 Å². The molecule has 0 bridgehead atoms. The van der Waals surface area contributed by atoms with Gasteiger partial charge in [0.2, 0.25) is 0 Å². The van der Waals surface area contributed by atoms with Crippen LogP contribution in [0.2, 0.25) is 0 Å². The minimum absolute atomic E-state index is 0.0266. The van der Waals surface area contributed by atoms with Crippen molar-refractivity contribution in [3.63, 3.8) is 0 Å². The molecule has 0 radical (unpaired) electrons. The molecule has 5 heteroatoms. The Morgan fingerprint density at radius 2 is 2.09 bits per heavy atom. The normalized spacial score (nSPS) is 16.3. The van der Waals surface area contributed by atoms with E-state index in [0.29, 0.717) is 31.7 Å². The van der Waals surface area contributed by atoms with Crippen LogP contribution in [0.5, 0.6) is 0 Å². The Morgan fingerprint density at radius 3 is 2.86 bits per heavy atom. The zero-order valence-electron chi connectivity index (χ0n) is 12.5. The van der Waals surface area contributed by atoms with Gasteiger partial charge in [-0.15, -0.1) is 0 Å². The number of benzene rings is 1. The summed E-state index contributed by atoms with van der Waals surface area (Å²) in [6, 6.07) is 7.59. The lowest BCUT2D eigenvalue weighted by molar-refractivity contribution is 0.00400. The fourth-order valence-electron chi connectivity index (χ4n) is 2.85. The van der Waals surface area contributed by atoms with E-state index < -0.39 is 0 Å². The average molecular weight is 303 g/mol. The van der Waals surface area contributed by atoms with Crippen molar-refractivity contribution in [2.45, 2.75) is 25.4 Å². The van der Waals surface area contributed by atoms with Crippen molar-refractivity contribution in [1.82, 2.24) is 4.90 Å². The van der Waals surface area contributed by atoms with Gasteiger partial charge in [-0.3, -0.25) is 4.79 Å². The van der Waals surface area contributed by atoms with E-state index in [0.717, 1.165) is 23.8 Å². The van der Waals surface area contributed by atoms with E-state index in [1.165, 1.54) is 0 Å². The van der Waals surface area contributed by atoms with E-state index in [2.05, 4.69) is 0 Å². The lowest BCUT2D eigenvalue weighted by Crippen LogP contribution is -2.40. The van der Waals surface area contributed by atoms with Gasteiger partial charge in [0.25, 0.3) is 5.91 Å². The van der Waals surface area contributed by atoms with E-state index >= 15 is 0 Å². The number of ether oxygens (including phenoxy) is 1. The van der Waals surface area contributed by atoms with Gasteiger partial charge >= 0.3 is 0 Å². The molecule has 22 heavy (non-hydrogen) atoms. The molecule has 1 N–H and O–H groups in total. The largest absolute Gasteiger partial charge is 0.463 e. The summed E-state index contributed by atoms with van der Waals surface area (Å²) in [6.45, 7) is 2.14. The highest BCUT2D eigenvalue weighted by molar-refractivity contribution is 6.05. The molecule has 1 aliphatic rings. The highest BCUT2D eigenvalue weighted by Crippen LogP contribution is 2.24. The van der Waals surface area contributed by atoms with Gasteiger partial charge in [0, 0.05) is 31.7 Å². The molecule has 2 heterocycles. The molecule has 1 aromatic heterocycles. The van der Waals surface area contributed by atoms with Crippen LogP contribution in [0, 0.1) is 0 Å². The van der Waals surface area contributed by atoms with E-state index in [9.17, 15) is 4.79 Å². The topological polar surface area (TPSA) is 62.9 Å². The molecule has 5 nitrogen and oxygen atoms in total. The first-order valence-corrected chi connectivity index (χ1v) is 7.77. The number of amides is 1. The molecule has 2 aromatic rings. The Labute approximate surface area is 129 Å². The number of likely N-dealkylation sites (tertiary alicyclic amines) is 1. The maximum absolute atomic E-state index is 12.6. The molecule has 1 amide bonds. The highest BCUT2D eigenvalue weighted by atomic mass is 16.5. The Kier molecular flexibility index (Phi) is 4.75. The molecule has 0 atom stereocenters. The molecule has 1 aliphatic heterocycles. The number of rotatable bonds is 5. The molecular weight excluding hydrogens is 282 g/mol. The van der Waals surface area contributed by atoms with Crippen molar-refractivity contribution in [3.8, 4) is 0 Å². The number of fused-ring (bicyclic) bond motifs is 1. The first kappa shape index (κ1) is 15.1. The summed E-state index contributed by atoms with van der Waals surface area (Å²) >= 11 is 0. The van der Waals surface area contributed by atoms with Crippen LogP contribution in [0.25, 0.3) is 11.0 Å². The fraction of sp³-hybridized carbons (Fsp3) is 0.471. The van der Waals surface area contributed by atoms with Crippen molar-refractivity contribution in [1.29, 1.82) is 0 Å². The minimum atomic E-state index is 0.0266. The van der Waals surface area contributed by atoms with Crippen molar-refractivity contribution in [2.75, 3.05) is 26.3 Å². The van der Waals surface area contributed by atoms with Crippen molar-refractivity contribution in [3.05, 3.63) is 36.1 Å². The fourth-order valence-corrected chi connectivity index (χ4v) is 2.85. The van der Waals surface area contributed by atoms with Gasteiger partial charge in [-0.05, 0) is 25.3 Å². The van der Waals surface area contributed by atoms with Crippen LogP contribution in [0.1, 0.15) is 29.6 Å². The maximum Gasteiger partial charge on any atom is 0.257 e. The number of aliphatic hydroxyl groups is 1. The standard InChI is InChI=1S/C17H21NO4/c19-10-3-11-21-13-6-8-18(9-7-13)17(20)15-12-22-16-5-2-1-4-14(15)16/h1-2,4-5,12-13,19H,3,6-11H2. The van der Waals surface area contributed by atoms with Gasteiger partial charge in [-0.2, -0.15) is 0 Å². The van der Waals surface area contributed by atoms with Crippen LogP contribution in [0.15, 0.2) is 34.9 Å². The van der Waals surface area contributed by atoms with Gasteiger partial charge in [-0.1, -0.05) is 18.2 Å². The predicted molar refractivity (Wildman–Crippen MR) is 82.8 cm³/mol. The first-order valence-electron chi connectivity index (χ1n) is 7.77. The van der Waals surface area contributed by atoms with Gasteiger partial charge < -0.3 is 19.2 Å². The second kappa shape index (κ2) is 6.94. The third-order valence-corrected chi connectivity index (χ3v) is 4.10. The third-order valence-electron chi connectivity index (χ3n) is 4.10. The minimum Gasteiger partial charge on any atom is -0.463 e. The monoisotopic (exact) mass is 303 g/mol. The van der Waals surface area contributed by atoms with Crippen molar-refractivity contribution < 1.29 is 19.1 Å². The lowest BCUT2D eigenvalue weighted by atomic mass is 10.1.